The molecular formula is C14H21NO4S. The number of amides is 1. The summed E-state index contributed by atoms with van der Waals surface area (Å²) >= 11 is 1.96. The van der Waals surface area contributed by atoms with Gasteiger partial charge in [-0.3, -0.25) is 9.59 Å². The summed E-state index contributed by atoms with van der Waals surface area (Å²) in [6.07, 6.45) is 3.37. The predicted molar refractivity (Wildman–Crippen MR) is 75.7 cm³/mol. The summed E-state index contributed by atoms with van der Waals surface area (Å²) in [5.74, 6) is -0.539. The van der Waals surface area contributed by atoms with Crippen molar-refractivity contribution in [3.63, 3.8) is 0 Å². The van der Waals surface area contributed by atoms with Crippen LogP contribution in [0.4, 0.5) is 0 Å². The number of rotatable bonds is 2. The lowest BCUT2D eigenvalue weighted by molar-refractivity contribution is -0.156. The van der Waals surface area contributed by atoms with Gasteiger partial charge >= 0.3 is 5.97 Å². The molecular weight excluding hydrogens is 278 g/mol. The molecule has 2 saturated heterocycles. The molecule has 3 rings (SSSR count). The number of ether oxygens (including phenoxy) is 1. The van der Waals surface area contributed by atoms with Crippen LogP contribution in [0.5, 0.6) is 0 Å². The summed E-state index contributed by atoms with van der Waals surface area (Å²) in [6, 6.07) is 0. The van der Waals surface area contributed by atoms with Crippen LogP contribution in [0.1, 0.15) is 25.7 Å². The van der Waals surface area contributed by atoms with E-state index in [1.807, 2.05) is 16.7 Å². The molecule has 0 aromatic carbocycles. The van der Waals surface area contributed by atoms with Crippen molar-refractivity contribution in [1.29, 1.82) is 0 Å². The van der Waals surface area contributed by atoms with E-state index in [2.05, 4.69) is 0 Å². The molecule has 1 saturated carbocycles. The molecule has 3 fully saturated rings. The Morgan fingerprint density at radius 2 is 1.90 bits per heavy atom. The highest BCUT2D eigenvalue weighted by Crippen LogP contribution is 2.41. The summed E-state index contributed by atoms with van der Waals surface area (Å²) in [5, 5.41) is 9.10. The molecule has 0 radical (unpaired) electrons. The van der Waals surface area contributed by atoms with Gasteiger partial charge in [0.15, 0.2) is 0 Å². The molecule has 1 amide bonds. The van der Waals surface area contributed by atoms with Crippen molar-refractivity contribution in [2.24, 2.45) is 11.8 Å². The number of hydrogen-bond donors (Lipinski definition) is 1. The molecule has 1 aliphatic carbocycles. The molecule has 2 heterocycles. The van der Waals surface area contributed by atoms with E-state index < -0.39 is 11.9 Å². The Labute approximate surface area is 123 Å². The van der Waals surface area contributed by atoms with E-state index in [-0.39, 0.29) is 16.6 Å². The third kappa shape index (κ3) is 2.55. The van der Waals surface area contributed by atoms with Crippen LogP contribution in [0.25, 0.3) is 0 Å². The zero-order valence-corrected chi connectivity index (χ0v) is 12.4. The Kier molecular flexibility index (Phi) is 3.95. The Morgan fingerprint density at radius 1 is 1.20 bits per heavy atom. The van der Waals surface area contributed by atoms with Crippen LogP contribution >= 0.6 is 11.8 Å². The van der Waals surface area contributed by atoms with E-state index >= 15 is 0 Å². The van der Waals surface area contributed by atoms with Crippen molar-refractivity contribution in [2.75, 3.05) is 32.1 Å². The van der Waals surface area contributed by atoms with Gasteiger partial charge < -0.3 is 14.7 Å². The van der Waals surface area contributed by atoms with Crippen LogP contribution in [0.2, 0.25) is 0 Å². The smallest absolute Gasteiger partial charge is 0.307 e. The molecule has 6 heteroatoms. The van der Waals surface area contributed by atoms with Gasteiger partial charge in [0.2, 0.25) is 5.91 Å². The molecule has 112 valence electrons. The Morgan fingerprint density at radius 3 is 2.50 bits per heavy atom. The number of carboxylic acids is 1. The maximum Gasteiger partial charge on any atom is 0.307 e. The maximum absolute atomic E-state index is 12.5. The standard InChI is InChI=1S/C14H21NO4S/c16-12(10-1-2-11(10)13(17)18)15-5-8-20-14(9-15)3-6-19-7-4-14/h10-11H,1-9H2,(H,17,18). The van der Waals surface area contributed by atoms with Gasteiger partial charge in [-0.2, -0.15) is 11.8 Å². The summed E-state index contributed by atoms with van der Waals surface area (Å²) < 4.78 is 5.57. The second-order valence-corrected chi connectivity index (χ2v) is 7.60. The largest absolute Gasteiger partial charge is 0.481 e. The van der Waals surface area contributed by atoms with Crippen molar-refractivity contribution in [3.8, 4) is 0 Å². The average molecular weight is 299 g/mol. The minimum atomic E-state index is -0.818. The van der Waals surface area contributed by atoms with E-state index in [1.54, 1.807) is 0 Å². The van der Waals surface area contributed by atoms with Gasteiger partial charge in [0.05, 0.1) is 11.8 Å². The molecule has 0 aromatic heterocycles. The number of hydrogen-bond acceptors (Lipinski definition) is 4. The monoisotopic (exact) mass is 299 g/mol. The van der Waals surface area contributed by atoms with Crippen molar-refractivity contribution < 1.29 is 19.4 Å². The fraction of sp³-hybridized carbons (Fsp3) is 0.857. The summed E-state index contributed by atoms with van der Waals surface area (Å²) in [5.41, 5.74) is 0. The number of thioether (sulfide) groups is 1. The fourth-order valence-electron chi connectivity index (χ4n) is 3.40. The Balaban J connectivity index is 1.64. The van der Waals surface area contributed by atoms with Crippen LogP contribution in [-0.4, -0.2) is 58.7 Å². The lowest BCUT2D eigenvalue weighted by atomic mass is 9.72. The molecule has 5 nitrogen and oxygen atoms in total. The van der Waals surface area contributed by atoms with E-state index in [1.165, 1.54) is 0 Å². The Hall–Kier alpha value is -0.750. The van der Waals surface area contributed by atoms with E-state index in [4.69, 9.17) is 9.84 Å². The zero-order valence-electron chi connectivity index (χ0n) is 11.5. The highest BCUT2D eigenvalue weighted by atomic mass is 32.2. The number of carbonyl (C=O) groups is 2. The molecule has 0 aromatic rings. The van der Waals surface area contributed by atoms with Crippen molar-refractivity contribution in [3.05, 3.63) is 0 Å². The maximum atomic E-state index is 12.5. The van der Waals surface area contributed by atoms with E-state index in [0.29, 0.717) is 6.42 Å². The first-order chi connectivity index (χ1) is 9.61. The first-order valence-electron chi connectivity index (χ1n) is 7.35. The Bertz CT molecular complexity index is 402. The van der Waals surface area contributed by atoms with Crippen LogP contribution in [0, 0.1) is 11.8 Å². The van der Waals surface area contributed by atoms with Gasteiger partial charge in [0.1, 0.15) is 0 Å². The number of aliphatic carboxylic acids is 1. The van der Waals surface area contributed by atoms with Gasteiger partial charge in [-0.05, 0) is 25.7 Å². The topological polar surface area (TPSA) is 66.8 Å². The lowest BCUT2D eigenvalue weighted by Gasteiger charge is -2.46. The molecule has 3 aliphatic rings. The predicted octanol–water partition coefficient (Wildman–Crippen LogP) is 1.22. The lowest BCUT2D eigenvalue weighted by Crippen LogP contribution is -2.55. The molecule has 0 bridgehead atoms. The highest BCUT2D eigenvalue weighted by molar-refractivity contribution is 8.00. The quantitative estimate of drug-likeness (QED) is 0.830. The molecule has 20 heavy (non-hydrogen) atoms. The third-order valence-electron chi connectivity index (χ3n) is 4.87. The van der Waals surface area contributed by atoms with Crippen molar-refractivity contribution in [2.45, 2.75) is 30.4 Å². The average Bonchev–Trinajstić information content (AvgIpc) is 2.37. The summed E-state index contributed by atoms with van der Waals surface area (Å²) in [6.45, 7) is 3.07. The number of carbonyl (C=O) groups excluding carboxylic acids is 1. The number of nitrogens with zero attached hydrogens (tertiary/aromatic N) is 1. The van der Waals surface area contributed by atoms with Crippen LogP contribution in [0.3, 0.4) is 0 Å². The first-order valence-corrected chi connectivity index (χ1v) is 8.33. The zero-order chi connectivity index (χ0) is 14.2. The van der Waals surface area contributed by atoms with Crippen molar-refractivity contribution in [1.82, 2.24) is 4.90 Å². The fourth-order valence-corrected chi connectivity index (χ4v) is 4.85. The molecule has 1 N–H and O–H groups in total. The van der Waals surface area contributed by atoms with Crippen LogP contribution in [0.15, 0.2) is 0 Å². The highest BCUT2D eigenvalue weighted by Gasteiger charge is 2.46. The molecule has 2 aliphatic heterocycles. The van der Waals surface area contributed by atoms with E-state index in [0.717, 1.165) is 51.3 Å². The second kappa shape index (κ2) is 5.56. The molecule has 2 unspecified atom stereocenters. The van der Waals surface area contributed by atoms with Crippen LogP contribution in [-0.2, 0) is 14.3 Å². The summed E-state index contributed by atoms with van der Waals surface area (Å²) in [4.78, 5) is 25.5. The van der Waals surface area contributed by atoms with Gasteiger partial charge in [0, 0.05) is 36.8 Å². The van der Waals surface area contributed by atoms with Gasteiger partial charge in [-0.25, -0.2) is 0 Å². The van der Waals surface area contributed by atoms with Gasteiger partial charge in [0.25, 0.3) is 0 Å². The van der Waals surface area contributed by atoms with Gasteiger partial charge in [-0.1, -0.05) is 0 Å². The van der Waals surface area contributed by atoms with Crippen molar-refractivity contribution >= 4 is 23.6 Å². The minimum absolute atomic E-state index is 0.0646. The molecule has 2 atom stereocenters. The van der Waals surface area contributed by atoms with Crippen LogP contribution < -0.4 is 0 Å². The number of carboxylic acid groups (broad SMARTS) is 1. The van der Waals surface area contributed by atoms with Gasteiger partial charge in [-0.15, -0.1) is 0 Å². The summed E-state index contributed by atoms with van der Waals surface area (Å²) in [7, 11) is 0. The second-order valence-electron chi connectivity index (χ2n) is 6.03. The van der Waals surface area contributed by atoms with E-state index in [9.17, 15) is 9.59 Å². The normalized spacial score (nSPS) is 32.7. The first kappa shape index (κ1) is 14.2. The minimum Gasteiger partial charge on any atom is -0.481 e. The molecule has 1 spiro atoms. The third-order valence-corrected chi connectivity index (χ3v) is 6.41. The SMILES string of the molecule is O=C(O)C1CCC1C(=O)N1CCSC2(CCOCC2)C1.